The summed E-state index contributed by atoms with van der Waals surface area (Å²) in [7, 11) is 0. The number of hydrogen-bond donors (Lipinski definition) is 1. The molecule has 1 fully saturated rings. The van der Waals surface area contributed by atoms with Gasteiger partial charge in [0.2, 0.25) is 0 Å². The molecule has 1 aromatic rings. The van der Waals surface area contributed by atoms with Crippen LogP contribution in [0.4, 0.5) is 13.2 Å². The molecule has 0 atom stereocenters. The number of hydrogen-bond acceptors (Lipinski definition) is 1. The highest BCUT2D eigenvalue weighted by atomic mass is 79.9. The molecule has 0 saturated heterocycles. The first-order chi connectivity index (χ1) is 8.25. The second kappa shape index (κ2) is 4.26. The van der Waals surface area contributed by atoms with Crippen molar-refractivity contribution in [1.82, 2.24) is 5.32 Å². The van der Waals surface area contributed by atoms with E-state index in [1.165, 1.54) is 12.1 Å². The summed E-state index contributed by atoms with van der Waals surface area (Å²) in [5.74, 6) is -0.689. The number of alkyl halides is 3. The summed E-state index contributed by atoms with van der Waals surface area (Å²) in [5, 5.41) is 2.09. The zero-order chi connectivity index (χ0) is 13.6. The molecular formula is C12H11BrF3NO. The number of carbonyl (C=O) groups excluding carboxylic acids is 1. The maximum Gasteiger partial charge on any atom is 0.411 e. The van der Waals surface area contributed by atoms with Crippen molar-refractivity contribution in [2.45, 2.75) is 31.5 Å². The monoisotopic (exact) mass is 321 g/mol. The second-order valence-electron chi connectivity index (χ2n) is 4.50. The van der Waals surface area contributed by atoms with E-state index in [4.69, 9.17) is 0 Å². The third kappa shape index (κ3) is 2.39. The first-order valence-electron chi connectivity index (χ1n) is 5.41. The molecule has 1 aliphatic rings. The van der Waals surface area contributed by atoms with Gasteiger partial charge in [0.15, 0.2) is 0 Å². The molecule has 18 heavy (non-hydrogen) atoms. The number of amides is 1. The summed E-state index contributed by atoms with van der Waals surface area (Å²) in [4.78, 5) is 11.8. The van der Waals surface area contributed by atoms with Crippen LogP contribution >= 0.6 is 15.9 Å². The van der Waals surface area contributed by atoms with Crippen LogP contribution in [-0.4, -0.2) is 17.6 Å². The van der Waals surface area contributed by atoms with Crippen molar-refractivity contribution in [3.8, 4) is 0 Å². The lowest BCUT2D eigenvalue weighted by Gasteiger charge is -2.20. The summed E-state index contributed by atoms with van der Waals surface area (Å²) < 4.78 is 38.8. The molecule has 2 nitrogen and oxygen atoms in total. The van der Waals surface area contributed by atoms with Gasteiger partial charge >= 0.3 is 6.18 Å². The van der Waals surface area contributed by atoms with Gasteiger partial charge in [-0.1, -0.05) is 22.0 Å². The number of nitrogens with one attached hydrogen (secondary N) is 1. The molecule has 1 N–H and O–H groups in total. The fourth-order valence-electron chi connectivity index (χ4n) is 1.63. The van der Waals surface area contributed by atoms with Crippen LogP contribution in [0.2, 0.25) is 0 Å². The molecule has 0 aliphatic heterocycles. The van der Waals surface area contributed by atoms with Gasteiger partial charge in [0.25, 0.3) is 5.91 Å². The lowest BCUT2D eigenvalue weighted by atomic mass is 10.1. The van der Waals surface area contributed by atoms with Crippen LogP contribution in [0.5, 0.6) is 0 Å². The Morgan fingerprint density at radius 1 is 1.39 bits per heavy atom. The second-order valence-corrected chi connectivity index (χ2v) is 5.35. The zero-order valence-electron chi connectivity index (χ0n) is 9.57. The van der Waals surface area contributed by atoms with Crippen LogP contribution in [0.15, 0.2) is 22.7 Å². The van der Waals surface area contributed by atoms with Crippen LogP contribution in [0.25, 0.3) is 0 Å². The third-order valence-electron chi connectivity index (χ3n) is 3.08. The lowest BCUT2D eigenvalue weighted by Crippen LogP contribution is -2.47. The van der Waals surface area contributed by atoms with Crippen molar-refractivity contribution in [2.75, 3.05) is 0 Å². The number of carbonyl (C=O) groups is 1. The van der Waals surface area contributed by atoms with Gasteiger partial charge in [-0.2, -0.15) is 13.2 Å². The highest BCUT2D eigenvalue weighted by Crippen LogP contribution is 2.49. The first kappa shape index (κ1) is 13.4. The minimum Gasteiger partial charge on any atom is -0.338 e. The molecule has 98 valence electrons. The Labute approximate surface area is 111 Å². The van der Waals surface area contributed by atoms with Crippen molar-refractivity contribution in [3.63, 3.8) is 0 Å². The molecule has 0 spiro atoms. The third-order valence-corrected chi connectivity index (χ3v) is 3.93. The van der Waals surface area contributed by atoms with Crippen LogP contribution in [0.1, 0.15) is 28.8 Å². The van der Waals surface area contributed by atoms with Crippen molar-refractivity contribution < 1.29 is 18.0 Å². The fraction of sp³-hybridized carbons (Fsp3) is 0.417. The van der Waals surface area contributed by atoms with Crippen molar-refractivity contribution in [2.24, 2.45) is 0 Å². The molecule has 1 aliphatic carbocycles. The predicted octanol–water partition coefficient (Wildman–Crippen LogP) is 3.58. The quantitative estimate of drug-likeness (QED) is 0.886. The Hall–Kier alpha value is -1.04. The SMILES string of the molecule is Cc1ccc(C(=O)NC2(C(F)(F)F)CC2)cc1Br. The van der Waals surface area contributed by atoms with Gasteiger partial charge in [0.1, 0.15) is 5.54 Å². The zero-order valence-corrected chi connectivity index (χ0v) is 11.2. The average Bonchev–Trinajstić information content (AvgIpc) is 3.02. The van der Waals surface area contributed by atoms with Crippen LogP contribution < -0.4 is 5.32 Å². The minimum absolute atomic E-state index is 0.0464. The van der Waals surface area contributed by atoms with Gasteiger partial charge in [0.05, 0.1) is 0 Å². The Morgan fingerprint density at radius 2 is 2.00 bits per heavy atom. The summed E-state index contributed by atoms with van der Waals surface area (Å²) >= 11 is 3.25. The molecule has 0 bridgehead atoms. The highest BCUT2D eigenvalue weighted by Gasteiger charge is 2.64. The van der Waals surface area contributed by atoms with Crippen molar-refractivity contribution >= 4 is 21.8 Å². The summed E-state index contributed by atoms with van der Waals surface area (Å²) in [6, 6.07) is 4.73. The standard InChI is InChI=1S/C12H11BrF3NO/c1-7-2-3-8(6-9(7)13)10(18)17-11(4-5-11)12(14,15)16/h2-3,6H,4-5H2,1H3,(H,17,18). The Morgan fingerprint density at radius 3 is 2.44 bits per heavy atom. The van der Waals surface area contributed by atoms with E-state index in [1.807, 2.05) is 6.92 Å². The van der Waals surface area contributed by atoms with Crippen molar-refractivity contribution in [1.29, 1.82) is 0 Å². The van der Waals surface area contributed by atoms with E-state index in [9.17, 15) is 18.0 Å². The molecular weight excluding hydrogens is 311 g/mol. The van der Waals surface area contributed by atoms with Crippen LogP contribution in [0.3, 0.4) is 0 Å². The van der Waals surface area contributed by atoms with Gasteiger partial charge in [-0.15, -0.1) is 0 Å². The minimum atomic E-state index is -4.38. The van der Waals surface area contributed by atoms with Crippen LogP contribution in [0, 0.1) is 6.92 Å². The number of halogens is 4. The molecule has 1 amide bonds. The topological polar surface area (TPSA) is 29.1 Å². The smallest absolute Gasteiger partial charge is 0.338 e. The van der Waals surface area contributed by atoms with E-state index in [0.29, 0.717) is 4.47 Å². The van der Waals surface area contributed by atoms with Gasteiger partial charge in [-0.05, 0) is 37.5 Å². The Balaban J connectivity index is 2.16. The van der Waals surface area contributed by atoms with Gasteiger partial charge in [-0.25, -0.2) is 0 Å². The van der Waals surface area contributed by atoms with E-state index >= 15 is 0 Å². The van der Waals surface area contributed by atoms with E-state index in [1.54, 1.807) is 6.07 Å². The maximum atomic E-state index is 12.7. The number of aryl methyl sites for hydroxylation is 1. The van der Waals surface area contributed by atoms with Crippen molar-refractivity contribution in [3.05, 3.63) is 33.8 Å². The summed E-state index contributed by atoms with van der Waals surface area (Å²) in [5.41, 5.74) is -0.868. The van der Waals surface area contributed by atoms with E-state index in [-0.39, 0.29) is 18.4 Å². The molecule has 1 aromatic carbocycles. The Bertz CT molecular complexity index is 495. The van der Waals surface area contributed by atoms with E-state index in [0.717, 1.165) is 5.56 Å². The normalized spacial score (nSPS) is 17.4. The molecule has 6 heteroatoms. The molecule has 0 heterocycles. The van der Waals surface area contributed by atoms with E-state index in [2.05, 4.69) is 21.2 Å². The average molecular weight is 322 g/mol. The summed E-state index contributed by atoms with van der Waals surface area (Å²) in [6.45, 7) is 1.84. The van der Waals surface area contributed by atoms with Gasteiger partial charge in [0, 0.05) is 10.0 Å². The van der Waals surface area contributed by atoms with Gasteiger partial charge < -0.3 is 5.32 Å². The maximum absolute atomic E-state index is 12.7. The molecule has 1 saturated carbocycles. The van der Waals surface area contributed by atoms with E-state index < -0.39 is 17.6 Å². The van der Waals surface area contributed by atoms with Gasteiger partial charge in [-0.3, -0.25) is 4.79 Å². The fourth-order valence-corrected chi connectivity index (χ4v) is 2.01. The molecule has 0 radical (unpaired) electrons. The predicted molar refractivity (Wildman–Crippen MR) is 64.4 cm³/mol. The number of rotatable bonds is 2. The molecule has 0 unspecified atom stereocenters. The molecule has 2 rings (SSSR count). The highest BCUT2D eigenvalue weighted by molar-refractivity contribution is 9.10. The largest absolute Gasteiger partial charge is 0.411 e. The first-order valence-corrected chi connectivity index (χ1v) is 6.20. The number of benzene rings is 1. The lowest BCUT2D eigenvalue weighted by molar-refractivity contribution is -0.163. The molecule has 0 aromatic heterocycles. The Kier molecular flexibility index (Phi) is 3.17. The summed E-state index contributed by atoms with van der Waals surface area (Å²) in [6.07, 6.45) is -4.48. The van der Waals surface area contributed by atoms with Crippen LogP contribution in [-0.2, 0) is 0 Å².